The number of hydrogen-bond donors (Lipinski definition) is 1. The lowest BCUT2D eigenvalue weighted by Gasteiger charge is -2.51. The second-order valence-corrected chi connectivity index (χ2v) is 6.93. The van der Waals surface area contributed by atoms with Gasteiger partial charge in [0.2, 0.25) is 0 Å². The Balaban J connectivity index is 2.17. The predicted octanol–water partition coefficient (Wildman–Crippen LogP) is 1.27. The van der Waals surface area contributed by atoms with E-state index in [1.807, 2.05) is 13.8 Å². The van der Waals surface area contributed by atoms with Crippen LogP contribution < -0.4 is 0 Å². The molecule has 0 unspecified atom stereocenters. The Morgan fingerprint density at radius 2 is 2.05 bits per heavy atom. The molecule has 5 atom stereocenters. The third-order valence-corrected chi connectivity index (χ3v) is 5.20. The third kappa shape index (κ3) is 1.59. The summed E-state index contributed by atoms with van der Waals surface area (Å²) in [5.74, 6) is -0.183. The quantitative estimate of drug-likeness (QED) is 0.724. The highest BCUT2D eigenvalue weighted by molar-refractivity contribution is 6.09. The van der Waals surface area contributed by atoms with E-state index in [1.54, 1.807) is 13.8 Å². The first-order chi connectivity index (χ1) is 8.67. The van der Waals surface area contributed by atoms with Crippen LogP contribution in [-0.2, 0) is 14.3 Å². The largest absolute Gasteiger partial charge is 0.390 e. The van der Waals surface area contributed by atoms with Gasteiger partial charge in [-0.05, 0) is 25.8 Å². The molecule has 1 heterocycles. The number of aliphatic hydroxyl groups is 1. The topological polar surface area (TPSA) is 66.9 Å². The molecule has 0 bridgehead atoms. The van der Waals surface area contributed by atoms with Gasteiger partial charge in [-0.1, -0.05) is 13.8 Å². The monoisotopic (exact) mass is 264 g/mol. The molecule has 4 heteroatoms. The molecule has 0 amide bonds. The van der Waals surface area contributed by atoms with Crippen molar-refractivity contribution < 1.29 is 19.4 Å². The van der Waals surface area contributed by atoms with Crippen molar-refractivity contribution in [2.45, 2.75) is 51.9 Å². The number of carbonyl (C=O) groups is 2. The van der Waals surface area contributed by atoms with Crippen LogP contribution in [0.25, 0.3) is 0 Å². The first-order valence-electron chi connectivity index (χ1n) is 6.84. The maximum Gasteiger partial charge on any atom is 0.190 e. The normalized spacial score (nSPS) is 45.4. The number of ether oxygens (including phenoxy) is 1. The van der Waals surface area contributed by atoms with Crippen LogP contribution in [0.1, 0.15) is 34.1 Å². The fourth-order valence-electron chi connectivity index (χ4n) is 4.18. The number of epoxide rings is 1. The second-order valence-electron chi connectivity index (χ2n) is 6.93. The number of hydrogen-bond acceptors (Lipinski definition) is 4. The van der Waals surface area contributed by atoms with E-state index in [1.165, 1.54) is 6.08 Å². The molecular weight excluding hydrogens is 244 g/mol. The Morgan fingerprint density at radius 3 is 2.63 bits per heavy atom. The molecule has 0 spiro atoms. The molecule has 2 aliphatic carbocycles. The summed E-state index contributed by atoms with van der Waals surface area (Å²) in [5.41, 5.74) is -0.870. The maximum absolute atomic E-state index is 12.3. The van der Waals surface area contributed by atoms with E-state index >= 15 is 0 Å². The van der Waals surface area contributed by atoms with Gasteiger partial charge < -0.3 is 9.84 Å². The van der Waals surface area contributed by atoms with Gasteiger partial charge in [0.05, 0.1) is 11.7 Å². The third-order valence-electron chi connectivity index (χ3n) is 5.20. The van der Waals surface area contributed by atoms with Crippen LogP contribution in [0, 0.1) is 17.3 Å². The Hall–Kier alpha value is -1.00. The van der Waals surface area contributed by atoms with Crippen LogP contribution in [0.2, 0.25) is 0 Å². The number of fused-ring (bicyclic) bond motifs is 2. The fourth-order valence-corrected chi connectivity index (χ4v) is 4.18. The Morgan fingerprint density at radius 1 is 1.42 bits per heavy atom. The van der Waals surface area contributed by atoms with Crippen molar-refractivity contribution in [1.82, 2.24) is 0 Å². The van der Waals surface area contributed by atoms with Crippen molar-refractivity contribution in [3.63, 3.8) is 0 Å². The first kappa shape index (κ1) is 13.0. The summed E-state index contributed by atoms with van der Waals surface area (Å²) in [6, 6.07) is 0. The zero-order valence-electron chi connectivity index (χ0n) is 11.8. The minimum Gasteiger partial charge on any atom is -0.390 e. The van der Waals surface area contributed by atoms with Crippen molar-refractivity contribution >= 4 is 11.6 Å². The SMILES string of the molecule is C[C@@H]1CC(=O)C=C2C(=O)[C@H]3O[C@H]3[C@@H](C(C)(C)O)[C@]21C. The fraction of sp³-hybridized carbons (Fsp3) is 0.733. The number of Topliss-reactive ketones (excluding diaryl/α,β-unsaturated/α-hetero) is 1. The summed E-state index contributed by atoms with van der Waals surface area (Å²) >= 11 is 0. The van der Waals surface area contributed by atoms with Crippen molar-refractivity contribution in [3.8, 4) is 0 Å². The summed E-state index contributed by atoms with van der Waals surface area (Å²) in [4.78, 5) is 24.1. The molecule has 1 N–H and O–H groups in total. The van der Waals surface area contributed by atoms with Gasteiger partial charge in [-0.25, -0.2) is 0 Å². The van der Waals surface area contributed by atoms with Gasteiger partial charge in [0.25, 0.3) is 0 Å². The second kappa shape index (κ2) is 3.55. The molecule has 1 aliphatic heterocycles. The van der Waals surface area contributed by atoms with Crippen LogP contribution in [-0.4, -0.2) is 34.5 Å². The molecule has 0 aromatic rings. The lowest BCUT2D eigenvalue weighted by molar-refractivity contribution is -0.128. The van der Waals surface area contributed by atoms with E-state index in [0.717, 1.165) is 0 Å². The minimum absolute atomic E-state index is 0.00178. The highest BCUT2D eigenvalue weighted by atomic mass is 16.6. The van der Waals surface area contributed by atoms with Crippen molar-refractivity contribution in [2.24, 2.45) is 17.3 Å². The van der Waals surface area contributed by atoms with Crippen molar-refractivity contribution in [1.29, 1.82) is 0 Å². The van der Waals surface area contributed by atoms with Gasteiger partial charge in [-0.3, -0.25) is 9.59 Å². The molecular formula is C15H20O4. The molecule has 104 valence electrons. The average molecular weight is 264 g/mol. The smallest absolute Gasteiger partial charge is 0.190 e. The lowest BCUT2D eigenvalue weighted by atomic mass is 9.52. The van der Waals surface area contributed by atoms with Crippen LogP contribution in [0.4, 0.5) is 0 Å². The molecule has 0 aromatic heterocycles. The van der Waals surface area contributed by atoms with Crippen LogP contribution in [0.5, 0.6) is 0 Å². The maximum atomic E-state index is 12.3. The van der Waals surface area contributed by atoms with Crippen molar-refractivity contribution in [3.05, 3.63) is 11.6 Å². The minimum atomic E-state index is -0.942. The van der Waals surface area contributed by atoms with E-state index in [2.05, 4.69) is 0 Å². The molecule has 2 fully saturated rings. The summed E-state index contributed by atoms with van der Waals surface area (Å²) in [6.07, 6.45) is 1.26. The van der Waals surface area contributed by atoms with Gasteiger partial charge >= 0.3 is 0 Å². The van der Waals surface area contributed by atoms with E-state index in [4.69, 9.17) is 4.74 Å². The molecule has 1 saturated carbocycles. The molecule has 0 radical (unpaired) electrons. The van der Waals surface area contributed by atoms with Gasteiger partial charge in [-0.15, -0.1) is 0 Å². The number of allylic oxidation sites excluding steroid dienone is 1. The highest BCUT2D eigenvalue weighted by Gasteiger charge is 2.68. The standard InChI is InChI=1S/C15H20O4/c1-7-5-8(16)6-9-10(17)11-12(19-11)13(14(2,3)18)15(7,9)4/h6-7,11-13,18H,5H2,1-4H3/t7-,11-,12-,13+,15+/m1/s1. The highest BCUT2D eigenvalue weighted by Crippen LogP contribution is 2.60. The van der Waals surface area contributed by atoms with Crippen LogP contribution >= 0.6 is 0 Å². The van der Waals surface area contributed by atoms with Gasteiger partial charge in [0.15, 0.2) is 11.6 Å². The molecule has 1 saturated heterocycles. The Kier molecular flexibility index (Phi) is 2.43. The van der Waals surface area contributed by atoms with Gasteiger partial charge in [-0.2, -0.15) is 0 Å². The average Bonchev–Trinajstić information content (AvgIpc) is 3.00. The van der Waals surface area contributed by atoms with Gasteiger partial charge in [0, 0.05) is 23.3 Å². The predicted molar refractivity (Wildman–Crippen MR) is 68.4 cm³/mol. The van der Waals surface area contributed by atoms with E-state index in [0.29, 0.717) is 12.0 Å². The summed E-state index contributed by atoms with van der Waals surface area (Å²) in [6.45, 7) is 7.50. The van der Waals surface area contributed by atoms with Crippen LogP contribution in [0.3, 0.4) is 0 Å². The Labute approximate surface area is 112 Å². The summed E-state index contributed by atoms with van der Waals surface area (Å²) in [5, 5.41) is 10.5. The summed E-state index contributed by atoms with van der Waals surface area (Å²) in [7, 11) is 0. The molecule has 0 aromatic carbocycles. The Bertz CT molecular complexity index is 499. The van der Waals surface area contributed by atoms with E-state index < -0.39 is 17.1 Å². The first-order valence-corrected chi connectivity index (χ1v) is 6.84. The van der Waals surface area contributed by atoms with Crippen LogP contribution in [0.15, 0.2) is 11.6 Å². The number of carbonyl (C=O) groups excluding carboxylic acids is 2. The molecule has 4 nitrogen and oxygen atoms in total. The van der Waals surface area contributed by atoms with E-state index in [9.17, 15) is 14.7 Å². The zero-order valence-corrected chi connectivity index (χ0v) is 11.8. The van der Waals surface area contributed by atoms with Crippen molar-refractivity contribution in [2.75, 3.05) is 0 Å². The lowest BCUT2D eigenvalue weighted by Crippen LogP contribution is -2.56. The number of rotatable bonds is 1. The van der Waals surface area contributed by atoms with E-state index in [-0.39, 0.29) is 29.5 Å². The molecule has 3 aliphatic rings. The zero-order chi connectivity index (χ0) is 14.2. The number of ketones is 2. The molecule has 19 heavy (non-hydrogen) atoms. The molecule has 3 rings (SSSR count). The summed E-state index contributed by atoms with van der Waals surface area (Å²) < 4.78 is 5.51. The van der Waals surface area contributed by atoms with Gasteiger partial charge in [0.1, 0.15) is 6.10 Å².